The topological polar surface area (TPSA) is 84.4 Å². The number of aromatic nitrogens is 2. The van der Waals surface area contributed by atoms with E-state index in [0.29, 0.717) is 11.5 Å². The third-order valence-corrected chi connectivity index (χ3v) is 1.15. The smallest absolute Gasteiger partial charge is 0.188 e. The molecule has 0 fully saturated rings. The maximum Gasteiger partial charge on any atom is 0.188 e. The van der Waals surface area contributed by atoms with Gasteiger partial charge in [-0.3, -0.25) is 0 Å². The summed E-state index contributed by atoms with van der Waals surface area (Å²) in [7, 11) is 0. The number of hydrogen-bond donors (Lipinski definition) is 2. The first-order valence-corrected chi connectivity index (χ1v) is 3.01. The molecule has 0 saturated carbocycles. The van der Waals surface area contributed by atoms with Crippen molar-refractivity contribution < 1.29 is 5.21 Å². The van der Waals surface area contributed by atoms with Crippen molar-refractivity contribution in [2.45, 2.75) is 6.92 Å². The lowest BCUT2D eigenvalue weighted by atomic mass is 10.4. The van der Waals surface area contributed by atoms with E-state index in [-0.39, 0.29) is 5.84 Å². The first-order valence-electron chi connectivity index (χ1n) is 3.01. The van der Waals surface area contributed by atoms with E-state index in [1.54, 1.807) is 19.2 Å². The minimum Gasteiger partial charge on any atom is -0.409 e. The lowest BCUT2D eigenvalue weighted by molar-refractivity contribution is 0.318. The number of nitrogens with two attached hydrogens (primary N) is 1. The van der Waals surface area contributed by atoms with Crippen LogP contribution in [0.1, 0.15) is 11.5 Å². The van der Waals surface area contributed by atoms with Crippen LogP contribution >= 0.6 is 0 Å². The Hall–Kier alpha value is -1.65. The van der Waals surface area contributed by atoms with E-state index in [4.69, 9.17) is 10.9 Å². The largest absolute Gasteiger partial charge is 0.409 e. The molecule has 0 aliphatic heterocycles. The molecule has 0 unspecified atom stereocenters. The maximum absolute atomic E-state index is 8.28. The Kier molecular flexibility index (Phi) is 2.00. The van der Waals surface area contributed by atoms with E-state index in [2.05, 4.69) is 15.1 Å². The standard InChI is InChI=1S/C6H8N4O/c1-4-8-3-2-5(9-4)6(7)10-11/h2-3,11H,1H3,(H2,7,10). The highest BCUT2D eigenvalue weighted by Crippen LogP contribution is 1.92. The van der Waals surface area contributed by atoms with Gasteiger partial charge in [-0.1, -0.05) is 5.16 Å². The van der Waals surface area contributed by atoms with E-state index in [0.717, 1.165) is 0 Å². The molecule has 0 aliphatic rings. The third kappa shape index (κ3) is 1.64. The summed E-state index contributed by atoms with van der Waals surface area (Å²) >= 11 is 0. The molecule has 0 radical (unpaired) electrons. The van der Waals surface area contributed by atoms with E-state index in [1.165, 1.54) is 0 Å². The molecule has 0 atom stereocenters. The van der Waals surface area contributed by atoms with Crippen LogP contribution in [0.25, 0.3) is 0 Å². The molecular formula is C6H8N4O. The molecule has 0 aromatic carbocycles. The summed E-state index contributed by atoms with van der Waals surface area (Å²) in [6.45, 7) is 1.73. The lowest BCUT2D eigenvalue weighted by Gasteiger charge is -1.96. The molecule has 1 aromatic heterocycles. The van der Waals surface area contributed by atoms with Crippen molar-refractivity contribution in [2.24, 2.45) is 10.9 Å². The summed E-state index contributed by atoms with van der Waals surface area (Å²) in [4.78, 5) is 7.77. The first-order chi connectivity index (χ1) is 5.24. The van der Waals surface area contributed by atoms with Gasteiger partial charge in [0.2, 0.25) is 0 Å². The van der Waals surface area contributed by atoms with Crippen LogP contribution in [0.3, 0.4) is 0 Å². The highest BCUT2D eigenvalue weighted by molar-refractivity contribution is 5.94. The van der Waals surface area contributed by atoms with Crippen molar-refractivity contribution >= 4 is 5.84 Å². The molecule has 0 spiro atoms. The third-order valence-electron chi connectivity index (χ3n) is 1.15. The monoisotopic (exact) mass is 152 g/mol. The normalized spacial score (nSPS) is 11.5. The van der Waals surface area contributed by atoms with Crippen LogP contribution in [-0.2, 0) is 0 Å². The minimum atomic E-state index is -0.00417. The summed E-state index contributed by atoms with van der Waals surface area (Å²) in [6, 6.07) is 1.57. The molecule has 1 aromatic rings. The van der Waals surface area contributed by atoms with Gasteiger partial charge in [0.05, 0.1) is 0 Å². The number of rotatable bonds is 1. The van der Waals surface area contributed by atoms with Gasteiger partial charge in [-0.05, 0) is 13.0 Å². The van der Waals surface area contributed by atoms with Crippen LogP contribution in [0.4, 0.5) is 0 Å². The second-order valence-corrected chi connectivity index (χ2v) is 1.97. The summed E-state index contributed by atoms with van der Waals surface area (Å²) < 4.78 is 0. The predicted molar refractivity (Wildman–Crippen MR) is 39.3 cm³/mol. The number of hydrogen-bond acceptors (Lipinski definition) is 4. The predicted octanol–water partition coefficient (Wildman–Crippen LogP) is -0.120. The number of amidine groups is 1. The van der Waals surface area contributed by atoms with Gasteiger partial charge in [-0.15, -0.1) is 0 Å². The molecule has 11 heavy (non-hydrogen) atoms. The molecule has 5 heteroatoms. The Morgan fingerprint density at radius 2 is 2.45 bits per heavy atom. The molecule has 58 valence electrons. The van der Waals surface area contributed by atoms with Crippen LogP contribution in [0.2, 0.25) is 0 Å². The average Bonchev–Trinajstić information content (AvgIpc) is 2.03. The summed E-state index contributed by atoms with van der Waals surface area (Å²) in [5.41, 5.74) is 5.70. The van der Waals surface area contributed by atoms with Crippen molar-refractivity contribution in [3.05, 3.63) is 23.8 Å². The van der Waals surface area contributed by atoms with E-state index < -0.39 is 0 Å². The molecule has 0 amide bonds. The van der Waals surface area contributed by atoms with Crippen LogP contribution < -0.4 is 5.73 Å². The highest BCUT2D eigenvalue weighted by Gasteiger charge is 1.99. The van der Waals surface area contributed by atoms with E-state index in [9.17, 15) is 0 Å². The highest BCUT2D eigenvalue weighted by atomic mass is 16.4. The van der Waals surface area contributed by atoms with Crippen molar-refractivity contribution in [3.63, 3.8) is 0 Å². The lowest BCUT2D eigenvalue weighted by Crippen LogP contribution is -2.15. The van der Waals surface area contributed by atoms with Crippen molar-refractivity contribution in [2.75, 3.05) is 0 Å². The maximum atomic E-state index is 8.28. The molecule has 0 bridgehead atoms. The molecule has 5 nitrogen and oxygen atoms in total. The fraction of sp³-hybridized carbons (Fsp3) is 0.167. The molecule has 0 saturated heterocycles. The zero-order chi connectivity index (χ0) is 8.27. The molecule has 1 rings (SSSR count). The van der Waals surface area contributed by atoms with Gasteiger partial charge >= 0.3 is 0 Å². The van der Waals surface area contributed by atoms with Crippen molar-refractivity contribution in [1.29, 1.82) is 0 Å². The first kappa shape index (κ1) is 7.46. The fourth-order valence-electron chi connectivity index (χ4n) is 0.650. The van der Waals surface area contributed by atoms with Crippen molar-refractivity contribution in [1.82, 2.24) is 9.97 Å². The Morgan fingerprint density at radius 3 is 3.00 bits per heavy atom. The quantitative estimate of drug-likeness (QED) is 0.254. The summed E-state index contributed by atoms with van der Waals surface area (Å²) in [5.74, 6) is 0.588. The van der Waals surface area contributed by atoms with Crippen LogP contribution in [0, 0.1) is 6.92 Å². The minimum absolute atomic E-state index is 0.00417. The fourth-order valence-corrected chi connectivity index (χ4v) is 0.650. The number of nitrogens with zero attached hydrogens (tertiary/aromatic N) is 3. The Labute approximate surface area is 63.6 Å². The molecule has 0 aliphatic carbocycles. The Bertz CT molecular complexity index is 284. The van der Waals surface area contributed by atoms with Gasteiger partial charge < -0.3 is 10.9 Å². The summed E-state index contributed by atoms with van der Waals surface area (Å²) in [6.07, 6.45) is 1.55. The van der Waals surface area contributed by atoms with Crippen LogP contribution in [0.5, 0.6) is 0 Å². The van der Waals surface area contributed by atoms with E-state index >= 15 is 0 Å². The van der Waals surface area contributed by atoms with Gasteiger partial charge in [0.1, 0.15) is 11.5 Å². The van der Waals surface area contributed by atoms with Gasteiger partial charge in [0, 0.05) is 6.20 Å². The molecule has 3 N–H and O–H groups in total. The van der Waals surface area contributed by atoms with Crippen molar-refractivity contribution in [3.8, 4) is 0 Å². The second kappa shape index (κ2) is 2.96. The number of oxime groups is 1. The zero-order valence-electron chi connectivity index (χ0n) is 6.02. The van der Waals surface area contributed by atoms with E-state index in [1.807, 2.05) is 0 Å². The van der Waals surface area contributed by atoms with Gasteiger partial charge in [0.15, 0.2) is 5.84 Å². The molecular weight excluding hydrogens is 144 g/mol. The summed E-state index contributed by atoms with van der Waals surface area (Å²) in [5, 5.41) is 11.1. The van der Waals surface area contributed by atoms with Gasteiger partial charge in [0.25, 0.3) is 0 Å². The number of aryl methyl sites for hydroxylation is 1. The van der Waals surface area contributed by atoms with Crippen LogP contribution in [0.15, 0.2) is 17.4 Å². The van der Waals surface area contributed by atoms with Crippen LogP contribution in [-0.4, -0.2) is 21.0 Å². The Balaban J connectivity index is 3.06. The van der Waals surface area contributed by atoms with Gasteiger partial charge in [-0.2, -0.15) is 0 Å². The van der Waals surface area contributed by atoms with Gasteiger partial charge in [-0.25, -0.2) is 9.97 Å². The molecule has 1 heterocycles. The Morgan fingerprint density at radius 1 is 1.73 bits per heavy atom. The zero-order valence-corrected chi connectivity index (χ0v) is 6.02. The SMILES string of the molecule is Cc1nccc(/C(N)=N/O)n1. The second-order valence-electron chi connectivity index (χ2n) is 1.97. The average molecular weight is 152 g/mol.